The highest BCUT2D eigenvalue weighted by Gasteiger charge is 2.10. The van der Waals surface area contributed by atoms with Crippen LogP contribution < -0.4 is 10.6 Å². The van der Waals surface area contributed by atoms with Gasteiger partial charge in [-0.1, -0.05) is 18.2 Å². The maximum absolute atomic E-state index is 11.7. The van der Waals surface area contributed by atoms with E-state index in [9.17, 15) is 14.4 Å². The predicted molar refractivity (Wildman–Crippen MR) is 86.9 cm³/mol. The van der Waals surface area contributed by atoms with Crippen molar-refractivity contribution in [3.05, 3.63) is 34.9 Å². The van der Waals surface area contributed by atoms with Crippen LogP contribution in [0.4, 0.5) is 0 Å². The standard InChI is InChI=1S/C17H24N2O4/c1-11(2)19-15(20)9-18-16(21)10-23-17(22)8-14-6-5-12(3)13(4)7-14/h5-7,11H,8-10H2,1-4H3,(H,18,21)(H,19,20). The van der Waals surface area contributed by atoms with Crippen LogP contribution in [0.1, 0.15) is 30.5 Å². The Kier molecular flexibility index (Phi) is 7.25. The van der Waals surface area contributed by atoms with Crippen molar-refractivity contribution in [2.75, 3.05) is 13.2 Å². The van der Waals surface area contributed by atoms with E-state index in [1.807, 2.05) is 45.9 Å². The molecule has 6 nitrogen and oxygen atoms in total. The van der Waals surface area contributed by atoms with Gasteiger partial charge in [-0.05, 0) is 44.4 Å². The van der Waals surface area contributed by atoms with Gasteiger partial charge in [-0.3, -0.25) is 14.4 Å². The summed E-state index contributed by atoms with van der Waals surface area (Å²) < 4.78 is 4.91. The first-order valence-electron chi connectivity index (χ1n) is 7.55. The van der Waals surface area contributed by atoms with Crippen molar-refractivity contribution >= 4 is 17.8 Å². The van der Waals surface area contributed by atoms with Crippen LogP contribution in [0, 0.1) is 13.8 Å². The average molecular weight is 320 g/mol. The maximum atomic E-state index is 11.7. The molecule has 1 aromatic carbocycles. The molecule has 2 N–H and O–H groups in total. The topological polar surface area (TPSA) is 84.5 Å². The molecule has 6 heteroatoms. The molecule has 0 spiro atoms. The second-order valence-electron chi connectivity index (χ2n) is 5.76. The molecule has 0 atom stereocenters. The molecule has 0 heterocycles. The summed E-state index contributed by atoms with van der Waals surface area (Å²) in [6, 6.07) is 5.74. The van der Waals surface area contributed by atoms with Gasteiger partial charge in [0.15, 0.2) is 6.61 Å². The maximum Gasteiger partial charge on any atom is 0.310 e. The molecule has 1 rings (SSSR count). The lowest BCUT2D eigenvalue weighted by Crippen LogP contribution is -2.41. The van der Waals surface area contributed by atoms with Gasteiger partial charge in [0.1, 0.15) is 0 Å². The fourth-order valence-electron chi connectivity index (χ4n) is 1.88. The Balaban J connectivity index is 2.31. The Morgan fingerprint density at radius 2 is 1.78 bits per heavy atom. The van der Waals surface area contributed by atoms with Crippen molar-refractivity contribution in [3.8, 4) is 0 Å². The lowest BCUT2D eigenvalue weighted by atomic mass is 10.0. The van der Waals surface area contributed by atoms with E-state index in [0.29, 0.717) is 0 Å². The van der Waals surface area contributed by atoms with Gasteiger partial charge in [-0.15, -0.1) is 0 Å². The SMILES string of the molecule is Cc1ccc(CC(=O)OCC(=O)NCC(=O)NC(C)C)cc1C. The van der Waals surface area contributed by atoms with Crippen molar-refractivity contribution < 1.29 is 19.1 Å². The molecule has 23 heavy (non-hydrogen) atoms. The number of ether oxygens (including phenoxy) is 1. The quantitative estimate of drug-likeness (QED) is 0.735. The number of nitrogens with one attached hydrogen (secondary N) is 2. The molecule has 2 amide bonds. The minimum atomic E-state index is -0.502. The molecule has 1 aromatic rings. The molecule has 0 aliphatic heterocycles. The fourth-order valence-corrected chi connectivity index (χ4v) is 1.88. The van der Waals surface area contributed by atoms with E-state index in [-0.39, 0.29) is 24.9 Å². The fraction of sp³-hybridized carbons (Fsp3) is 0.471. The summed E-state index contributed by atoms with van der Waals surface area (Å²) in [6.45, 7) is 7.10. The van der Waals surface area contributed by atoms with Gasteiger partial charge >= 0.3 is 5.97 Å². The van der Waals surface area contributed by atoms with Crippen LogP contribution in [-0.2, 0) is 25.5 Å². The zero-order chi connectivity index (χ0) is 17.4. The van der Waals surface area contributed by atoms with Gasteiger partial charge in [0.25, 0.3) is 5.91 Å². The zero-order valence-corrected chi connectivity index (χ0v) is 14.1. The van der Waals surface area contributed by atoms with E-state index in [2.05, 4.69) is 10.6 Å². The number of esters is 1. The smallest absolute Gasteiger partial charge is 0.310 e. The number of hydrogen-bond donors (Lipinski definition) is 2. The van der Waals surface area contributed by atoms with Crippen LogP contribution in [0.2, 0.25) is 0 Å². The number of carbonyl (C=O) groups is 3. The number of benzene rings is 1. The Morgan fingerprint density at radius 3 is 2.39 bits per heavy atom. The molecular formula is C17H24N2O4. The lowest BCUT2D eigenvalue weighted by Gasteiger charge is -2.10. The van der Waals surface area contributed by atoms with E-state index >= 15 is 0 Å². The minimum Gasteiger partial charge on any atom is -0.455 e. The van der Waals surface area contributed by atoms with Crippen LogP contribution in [0.3, 0.4) is 0 Å². The van der Waals surface area contributed by atoms with Crippen LogP contribution >= 0.6 is 0 Å². The Bertz CT molecular complexity index is 582. The molecule has 0 saturated carbocycles. The van der Waals surface area contributed by atoms with E-state index in [1.165, 1.54) is 0 Å². The van der Waals surface area contributed by atoms with Crippen LogP contribution in [-0.4, -0.2) is 37.0 Å². The third kappa shape index (κ3) is 7.44. The molecule has 0 bridgehead atoms. The molecule has 0 aliphatic rings. The number of aryl methyl sites for hydroxylation is 2. The number of hydrogen-bond acceptors (Lipinski definition) is 4. The van der Waals surface area contributed by atoms with Crippen molar-refractivity contribution in [1.29, 1.82) is 0 Å². The molecular weight excluding hydrogens is 296 g/mol. The largest absolute Gasteiger partial charge is 0.455 e. The number of carbonyl (C=O) groups excluding carboxylic acids is 3. The van der Waals surface area contributed by atoms with E-state index in [4.69, 9.17) is 4.74 Å². The summed E-state index contributed by atoms with van der Waals surface area (Å²) in [5, 5.41) is 5.04. The van der Waals surface area contributed by atoms with Gasteiger partial charge in [-0.25, -0.2) is 0 Å². The van der Waals surface area contributed by atoms with Gasteiger partial charge in [-0.2, -0.15) is 0 Å². The summed E-state index contributed by atoms with van der Waals surface area (Å²) in [5.74, 6) is -1.26. The summed E-state index contributed by atoms with van der Waals surface area (Å²) in [5.41, 5.74) is 3.10. The van der Waals surface area contributed by atoms with Gasteiger partial charge in [0, 0.05) is 6.04 Å². The second kappa shape index (κ2) is 8.92. The van der Waals surface area contributed by atoms with Crippen molar-refractivity contribution in [1.82, 2.24) is 10.6 Å². The van der Waals surface area contributed by atoms with E-state index < -0.39 is 18.5 Å². The molecule has 126 valence electrons. The van der Waals surface area contributed by atoms with E-state index in [1.54, 1.807) is 0 Å². The Morgan fingerprint density at radius 1 is 1.09 bits per heavy atom. The number of rotatable bonds is 7. The van der Waals surface area contributed by atoms with Crippen molar-refractivity contribution in [2.45, 2.75) is 40.2 Å². The zero-order valence-electron chi connectivity index (χ0n) is 14.1. The van der Waals surface area contributed by atoms with Crippen LogP contribution in [0.15, 0.2) is 18.2 Å². The Hall–Kier alpha value is -2.37. The van der Waals surface area contributed by atoms with E-state index in [0.717, 1.165) is 16.7 Å². The monoisotopic (exact) mass is 320 g/mol. The molecule has 0 aromatic heterocycles. The van der Waals surface area contributed by atoms with Crippen LogP contribution in [0.25, 0.3) is 0 Å². The second-order valence-corrected chi connectivity index (χ2v) is 5.76. The summed E-state index contributed by atoms with van der Waals surface area (Å²) in [6.07, 6.45) is 0.113. The minimum absolute atomic E-state index is 0.00944. The normalized spacial score (nSPS) is 10.3. The molecule has 0 saturated heterocycles. The first-order valence-corrected chi connectivity index (χ1v) is 7.55. The average Bonchev–Trinajstić information content (AvgIpc) is 2.46. The summed E-state index contributed by atoms with van der Waals surface area (Å²) in [4.78, 5) is 34.6. The predicted octanol–water partition coefficient (Wildman–Crippen LogP) is 1.03. The first-order chi connectivity index (χ1) is 10.8. The molecule has 0 radical (unpaired) electrons. The first kappa shape index (κ1) is 18.7. The van der Waals surface area contributed by atoms with Crippen LogP contribution in [0.5, 0.6) is 0 Å². The third-order valence-electron chi connectivity index (χ3n) is 3.18. The third-order valence-corrected chi connectivity index (χ3v) is 3.18. The van der Waals surface area contributed by atoms with Gasteiger partial charge in [0.2, 0.25) is 5.91 Å². The summed E-state index contributed by atoms with van der Waals surface area (Å²) >= 11 is 0. The van der Waals surface area contributed by atoms with Gasteiger partial charge < -0.3 is 15.4 Å². The summed E-state index contributed by atoms with van der Waals surface area (Å²) in [7, 11) is 0. The highest BCUT2D eigenvalue weighted by atomic mass is 16.5. The Labute approximate surface area is 136 Å². The van der Waals surface area contributed by atoms with Crippen molar-refractivity contribution in [2.24, 2.45) is 0 Å². The molecule has 0 aliphatic carbocycles. The van der Waals surface area contributed by atoms with Gasteiger partial charge in [0.05, 0.1) is 13.0 Å². The highest BCUT2D eigenvalue weighted by molar-refractivity contribution is 5.86. The highest BCUT2D eigenvalue weighted by Crippen LogP contribution is 2.10. The van der Waals surface area contributed by atoms with Crippen molar-refractivity contribution in [3.63, 3.8) is 0 Å². The molecule has 0 unspecified atom stereocenters. The molecule has 0 fully saturated rings. The number of amides is 2. The lowest BCUT2D eigenvalue weighted by molar-refractivity contribution is -0.147.